The molecule has 0 saturated heterocycles. The fraction of sp³-hybridized carbons (Fsp3) is 0.304. The minimum atomic E-state index is -3.82. The van der Waals surface area contributed by atoms with Crippen molar-refractivity contribution < 1.29 is 17.9 Å². The number of benzene rings is 2. The van der Waals surface area contributed by atoms with Crippen LogP contribution in [0.2, 0.25) is 0 Å². The number of rotatable bonds is 8. The summed E-state index contributed by atoms with van der Waals surface area (Å²) in [5.41, 5.74) is 8.97. The Bertz CT molecular complexity index is 1390. The molecule has 0 saturated carbocycles. The van der Waals surface area contributed by atoms with Crippen molar-refractivity contribution in [2.24, 2.45) is 5.73 Å². The monoisotopic (exact) mass is 497 g/mol. The standard InChI is InChI=1S/C23H23N5O4S2/c1-13(2)32-20-9-6-14(10-15(20)11-24)22-26-27-23(33-22)18-5-3-4-17-16(18)7-8-19(17)28-34(30,31)12-21(25)29/h3-6,9-10,13,19,28H,7-8,12H2,1-2H3,(H2,25,29). The number of primary amides is 1. The molecule has 0 spiro atoms. The third-order valence-electron chi connectivity index (χ3n) is 5.29. The molecular formula is C23H23N5O4S2. The number of hydrogen-bond donors (Lipinski definition) is 2. The summed E-state index contributed by atoms with van der Waals surface area (Å²) >= 11 is 1.39. The molecule has 1 heterocycles. The van der Waals surface area contributed by atoms with Gasteiger partial charge in [0.05, 0.1) is 11.7 Å². The summed E-state index contributed by atoms with van der Waals surface area (Å²) in [4.78, 5) is 11.1. The number of carbonyl (C=O) groups excluding carboxylic acids is 1. The maximum atomic E-state index is 12.2. The van der Waals surface area contributed by atoms with Gasteiger partial charge >= 0.3 is 0 Å². The van der Waals surface area contributed by atoms with Gasteiger partial charge in [-0.3, -0.25) is 4.79 Å². The molecule has 1 aromatic heterocycles. The van der Waals surface area contributed by atoms with Gasteiger partial charge in [0.25, 0.3) is 0 Å². The molecule has 11 heteroatoms. The van der Waals surface area contributed by atoms with Crippen LogP contribution >= 0.6 is 11.3 Å². The summed E-state index contributed by atoms with van der Waals surface area (Å²) in [6, 6.07) is 12.7. The van der Waals surface area contributed by atoms with Crippen LogP contribution in [0, 0.1) is 11.3 Å². The first-order valence-corrected chi connectivity index (χ1v) is 13.1. The van der Waals surface area contributed by atoms with Crippen LogP contribution in [0.5, 0.6) is 5.75 Å². The van der Waals surface area contributed by atoms with Crippen LogP contribution in [0.3, 0.4) is 0 Å². The van der Waals surface area contributed by atoms with E-state index in [2.05, 4.69) is 21.0 Å². The smallest absolute Gasteiger partial charge is 0.234 e. The third kappa shape index (κ3) is 5.09. The Labute approximate surface area is 201 Å². The van der Waals surface area contributed by atoms with Crippen molar-refractivity contribution in [3.05, 3.63) is 53.1 Å². The van der Waals surface area contributed by atoms with Crippen LogP contribution in [0.4, 0.5) is 0 Å². The largest absolute Gasteiger partial charge is 0.490 e. The fourth-order valence-corrected chi connectivity index (χ4v) is 6.01. The number of nitrogens with zero attached hydrogens (tertiary/aromatic N) is 3. The lowest BCUT2D eigenvalue weighted by atomic mass is 10.0. The second-order valence-electron chi connectivity index (χ2n) is 8.21. The number of aromatic nitrogens is 2. The molecule has 2 aromatic carbocycles. The van der Waals surface area contributed by atoms with Crippen molar-refractivity contribution in [2.45, 2.75) is 38.8 Å². The minimum Gasteiger partial charge on any atom is -0.490 e. The van der Waals surface area contributed by atoms with E-state index in [9.17, 15) is 18.5 Å². The van der Waals surface area contributed by atoms with Gasteiger partial charge in [-0.2, -0.15) is 5.26 Å². The molecule has 0 fully saturated rings. The molecule has 0 radical (unpaired) electrons. The van der Waals surface area contributed by atoms with Gasteiger partial charge < -0.3 is 10.5 Å². The molecular weight excluding hydrogens is 474 g/mol. The zero-order chi connectivity index (χ0) is 24.5. The third-order valence-corrected chi connectivity index (χ3v) is 7.60. The number of carbonyl (C=O) groups is 1. The summed E-state index contributed by atoms with van der Waals surface area (Å²) in [6.07, 6.45) is 1.18. The fourth-order valence-electron chi connectivity index (χ4n) is 3.98. The van der Waals surface area contributed by atoms with Crippen molar-refractivity contribution in [2.75, 3.05) is 5.75 Å². The molecule has 1 atom stereocenters. The minimum absolute atomic E-state index is 0.0460. The highest BCUT2D eigenvalue weighted by Crippen LogP contribution is 2.40. The molecule has 1 aliphatic carbocycles. The van der Waals surface area contributed by atoms with Gasteiger partial charge in [-0.1, -0.05) is 29.5 Å². The number of nitrogens with two attached hydrogens (primary N) is 1. The predicted octanol–water partition coefficient (Wildman–Crippen LogP) is 2.92. The average Bonchev–Trinajstić information content (AvgIpc) is 3.40. The van der Waals surface area contributed by atoms with Crippen LogP contribution in [0.15, 0.2) is 36.4 Å². The van der Waals surface area contributed by atoms with E-state index in [1.807, 2.05) is 38.1 Å². The second-order valence-corrected chi connectivity index (χ2v) is 10.9. The Morgan fingerprint density at radius 3 is 2.76 bits per heavy atom. The lowest BCUT2D eigenvalue weighted by Crippen LogP contribution is -2.35. The number of sulfonamides is 1. The Morgan fingerprint density at radius 2 is 2.06 bits per heavy atom. The lowest BCUT2D eigenvalue weighted by Gasteiger charge is -2.14. The summed E-state index contributed by atoms with van der Waals surface area (Å²) in [5, 5.41) is 19.6. The van der Waals surface area contributed by atoms with Crippen molar-refractivity contribution >= 4 is 27.3 Å². The van der Waals surface area contributed by atoms with Gasteiger partial charge in [-0.05, 0) is 56.0 Å². The molecule has 1 amide bonds. The SMILES string of the molecule is CC(C)Oc1ccc(-c2nnc(-c3cccc4c3CCC4NS(=O)(=O)CC(N)=O)s2)cc1C#N. The summed E-state index contributed by atoms with van der Waals surface area (Å²) in [7, 11) is -3.82. The van der Waals surface area contributed by atoms with E-state index in [1.165, 1.54) is 11.3 Å². The average molecular weight is 498 g/mol. The molecule has 1 aliphatic rings. The molecule has 34 heavy (non-hydrogen) atoms. The van der Waals surface area contributed by atoms with Crippen molar-refractivity contribution in [1.29, 1.82) is 5.26 Å². The normalized spacial score (nSPS) is 15.2. The van der Waals surface area contributed by atoms with E-state index in [0.717, 1.165) is 22.3 Å². The van der Waals surface area contributed by atoms with E-state index in [1.54, 1.807) is 12.1 Å². The first-order chi connectivity index (χ1) is 16.2. The highest BCUT2D eigenvalue weighted by Gasteiger charge is 2.30. The Balaban J connectivity index is 1.62. The number of hydrogen-bond acceptors (Lipinski definition) is 8. The van der Waals surface area contributed by atoms with Gasteiger partial charge in [-0.15, -0.1) is 10.2 Å². The first-order valence-electron chi connectivity index (χ1n) is 10.6. The molecule has 0 bridgehead atoms. The van der Waals surface area contributed by atoms with Gasteiger partial charge in [0, 0.05) is 17.2 Å². The highest BCUT2D eigenvalue weighted by atomic mass is 32.2. The van der Waals surface area contributed by atoms with Gasteiger partial charge in [0.15, 0.2) is 0 Å². The first kappa shape index (κ1) is 23.8. The molecule has 3 N–H and O–H groups in total. The summed E-state index contributed by atoms with van der Waals surface area (Å²) < 4.78 is 32.7. The summed E-state index contributed by atoms with van der Waals surface area (Å²) in [6.45, 7) is 3.80. The van der Waals surface area contributed by atoms with E-state index < -0.39 is 27.7 Å². The summed E-state index contributed by atoms with van der Waals surface area (Å²) in [5.74, 6) is -1.12. The van der Waals surface area contributed by atoms with E-state index in [4.69, 9.17) is 10.5 Å². The second kappa shape index (κ2) is 9.50. The number of fused-ring (bicyclic) bond motifs is 1. The maximum Gasteiger partial charge on any atom is 0.234 e. The highest BCUT2D eigenvalue weighted by molar-refractivity contribution is 7.90. The van der Waals surface area contributed by atoms with E-state index >= 15 is 0 Å². The van der Waals surface area contributed by atoms with E-state index in [0.29, 0.717) is 34.2 Å². The zero-order valence-electron chi connectivity index (χ0n) is 18.6. The van der Waals surface area contributed by atoms with E-state index in [-0.39, 0.29) is 6.10 Å². The number of nitrogens with one attached hydrogen (secondary N) is 1. The molecule has 0 aliphatic heterocycles. The van der Waals surface area contributed by atoms with Crippen molar-refractivity contribution in [1.82, 2.24) is 14.9 Å². The number of nitriles is 1. The molecule has 1 unspecified atom stereocenters. The number of ether oxygens (including phenoxy) is 1. The van der Waals surface area contributed by atoms with Gasteiger partial charge in [-0.25, -0.2) is 13.1 Å². The predicted molar refractivity (Wildman–Crippen MR) is 128 cm³/mol. The molecule has 4 rings (SSSR count). The van der Waals surface area contributed by atoms with Crippen LogP contribution in [-0.4, -0.2) is 36.4 Å². The van der Waals surface area contributed by atoms with Crippen LogP contribution in [0.25, 0.3) is 21.1 Å². The lowest BCUT2D eigenvalue weighted by molar-refractivity contribution is -0.115. The Morgan fingerprint density at radius 1 is 1.29 bits per heavy atom. The van der Waals surface area contributed by atoms with Crippen LogP contribution in [-0.2, 0) is 21.2 Å². The maximum absolute atomic E-state index is 12.2. The number of amides is 1. The van der Waals surface area contributed by atoms with Crippen LogP contribution < -0.4 is 15.2 Å². The quantitative estimate of drug-likeness (QED) is 0.486. The Hall–Kier alpha value is -3.33. The molecule has 9 nitrogen and oxygen atoms in total. The van der Waals surface area contributed by atoms with Gasteiger partial charge in [0.2, 0.25) is 15.9 Å². The topological polar surface area (TPSA) is 148 Å². The zero-order valence-corrected chi connectivity index (χ0v) is 20.2. The van der Waals surface area contributed by atoms with Crippen molar-refractivity contribution in [3.63, 3.8) is 0 Å². The molecule has 3 aromatic rings. The van der Waals surface area contributed by atoms with Crippen molar-refractivity contribution in [3.8, 4) is 33.0 Å². The molecule has 176 valence electrons. The Kier molecular flexibility index (Phi) is 6.65. The van der Waals surface area contributed by atoms with Gasteiger partial charge in [0.1, 0.15) is 27.6 Å². The van der Waals surface area contributed by atoms with Crippen LogP contribution in [0.1, 0.15) is 43.0 Å².